The van der Waals surface area contributed by atoms with Crippen LogP contribution in [-0.2, 0) is 6.42 Å². The highest BCUT2D eigenvalue weighted by Crippen LogP contribution is 2.26. The van der Waals surface area contributed by atoms with E-state index in [4.69, 9.17) is 16.0 Å². The molecule has 3 heterocycles. The van der Waals surface area contributed by atoms with E-state index in [1.807, 2.05) is 12.1 Å². The van der Waals surface area contributed by atoms with Crippen molar-refractivity contribution in [3.8, 4) is 0 Å². The van der Waals surface area contributed by atoms with Crippen molar-refractivity contribution < 1.29 is 4.42 Å². The molecule has 19 heavy (non-hydrogen) atoms. The zero-order valence-electron chi connectivity index (χ0n) is 9.85. The standard InChI is InChI=1S/C13H9ClN4O/c14-7-2-1-3-9-12(7)19-13(18-9)11-10-8(4-5-15-11)16-6-17-10/h1-3,6H,4-5H2,(H,16,17). The minimum atomic E-state index is 0.469. The Morgan fingerprint density at radius 1 is 1.32 bits per heavy atom. The number of H-pyrrole nitrogens is 1. The largest absolute Gasteiger partial charge is 0.433 e. The van der Waals surface area contributed by atoms with Gasteiger partial charge in [-0.3, -0.25) is 4.99 Å². The predicted molar refractivity (Wildman–Crippen MR) is 71.8 cm³/mol. The van der Waals surface area contributed by atoms with Gasteiger partial charge in [0.2, 0.25) is 5.89 Å². The van der Waals surface area contributed by atoms with Crippen LogP contribution >= 0.6 is 11.6 Å². The second kappa shape index (κ2) is 3.93. The topological polar surface area (TPSA) is 67.1 Å². The number of imidazole rings is 1. The molecule has 4 rings (SSSR count). The Bertz CT molecular complexity index is 802. The molecule has 0 atom stereocenters. The lowest BCUT2D eigenvalue weighted by Gasteiger charge is -2.08. The summed E-state index contributed by atoms with van der Waals surface area (Å²) in [6, 6.07) is 5.49. The molecule has 0 amide bonds. The molecule has 0 radical (unpaired) electrons. The van der Waals surface area contributed by atoms with Gasteiger partial charge < -0.3 is 9.40 Å². The van der Waals surface area contributed by atoms with Crippen LogP contribution in [0.4, 0.5) is 0 Å². The summed E-state index contributed by atoms with van der Waals surface area (Å²) in [6.45, 7) is 0.705. The molecule has 1 aliphatic rings. The summed E-state index contributed by atoms with van der Waals surface area (Å²) in [6.07, 6.45) is 2.53. The Hall–Kier alpha value is -2.14. The van der Waals surface area contributed by atoms with Gasteiger partial charge in [0.1, 0.15) is 16.9 Å². The fraction of sp³-hybridized carbons (Fsp3) is 0.154. The van der Waals surface area contributed by atoms with Gasteiger partial charge in [0.15, 0.2) is 5.58 Å². The summed E-state index contributed by atoms with van der Waals surface area (Å²) in [5.41, 5.74) is 3.89. The number of oxazole rings is 1. The van der Waals surface area contributed by atoms with Crippen molar-refractivity contribution in [1.29, 1.82) is 0 Å². The first-order valence-corrected chi connectivity index (χ1v) is 6.33. The van der Waals surface area contributed by atoms with E-state index in [1.165, 1.54) is 0 Å². The molecule has 1 N–H and O–H groups in total. The third kappa shape index (κ3) is 1.58. The SMILES string of the molecule is Clc1cccc2nc(C3=NCCc4[nH]cnc43)oc12. The summed E-state index contributed by atoms with van der Waals surface area (Å²) in [5.74, 6) is 0.469. The number of aromatic nitrogens is 3. The highest BCUT2D eigenvalue weighted by Gasteiger charge is 2.23. The van der Waals surface area contributed by atoms with Crippen LogP contribution in [0, 0.1) is 0 Å². The van der Waals surface area contributed by atoms with E-state index in [0.717, 1.165) is 23.3 Å². The smallest absolute Gasteiger partial charge is 0.248 e. The molecule has 94 valence electrons. The van der Waals surface area contributed by atoms with Crippen LogP contribution in [0.15, 0.2) is 33.9 Å². The molecule has 0 aliphatic carbocycles. The summed E-state index contributed by atoms with van der Waals surface area (Å²) >= 11 is 6.09. The molecule has 0 bridgehead atoms. The number of rotatable bonds is 1. The van der Waals surface area contributed by atoms with Crippen LogP contribution in [0.25, 0.3) is 11.1 Å². The molecule has 0 spiro atoms. The molecule has 0 saturated heterocycles. The number of fused-ring (bicyclic) bond motifs is 2. The zero-order valence-corrected chi connectivity index (χ0v) is 10.6. The van der Waals surface area contributed by atoms with E-state index in [9.17, 15) is 0 Å². The number of hydrogen-bond acceptors (Lipinski definition) is 4. The molecule has 3 aromatic rings. The Kier molecular flexibility index (Phi) is 2.22. The van der Waals surface area contributed by atoms with Gasteiger partial charge in [-0.15, -0.1) is 0 Å². The summed E-state index contributed by atoms with van der Waals surface area (Å²) < 4.78 is 5.74. The molecule has 2 aromatic heterocycles. The number of aromatic amines is 1. The average Bonchev–Trinajstić information content (AvgIpc) is 3.05. The Labute approximate surface area is 113 Å². The van der Waals surface area contributed by atoms with Crippen molar-refractivity contribution in [1.82, 2.24) is 15.0 Å². The van der Waals surface area contributed by atoms with E-state index in [0.29, 0.717) is 28.8 Å². The predicted octanol–water partition coefficient (Wildman–Crippen LogP) is 2.60. The van der Waals surface area contributed by atoms with E-state index in [1.54, 1.807) is 12.4 Å². The molecule has 1 aliphatic heterocycles. The number of nitrogens with zero attached hydrogens (tertiary/aromatic N) is 3. The van der Waals surface area contributed by atoms with Crippen LogP contribution in [0.5, 0.6) is 0 Å². The van der Waals surface area contributed by atoms with E-state index < -0.39 is 0 Å². The van der Waals surface area contributed by atoms with Crippen molar-refractivity contribution in [2.24, 2.45) is 4.99 Å². The van der Waals surface area contributed by atoms with Crippen LogP contribution in [-0.4, -0.2) is 27.2 Å². The first-order valence-electron chi connectivity index (χ1n) is 5.95. The quantitative estimate of drug-likeness (QED) is 0.740. The minimum Gasteiger partial charge on any atom is -0.433 e. The van der Waals surface area contributed by atoms with Gasteiger partial charge in [-0.25, -0.2) is 9.97 Å². The van der Waals surface area contributed by atoms with Crippen LogP contribution < -0.4 is 0 Å². The number of para-hydroxylation sites is 1. The van der Waals surface area contributed by atoms with Gasteiger partial charge in [-0.2, -0.15) is 0 Å². The number of halogens is 1. The van der Waals surface area contributed by atoms with Crippen LogP contribution in [0.3, 0.4) is 0 Å². The normalized spacial score (nSPS) is 14.5. The number of aliphatic imine (C=N–C) groups is 1. The van der Waals surface area contributed by atoms with Gasteiger partial charge in [0.25, 0.3) is 0 Å². The molecule has 1 aromatic carbocycles. The molecule has 6 heteroatoms. The molecule has 5 nitrogen and oxygen atoms in total. The summed E-state index contributed by atoms with van der Waals surface area (Å²) in [5, 5.41) is 0.551. The van der Waals surface area contributed by atoms with E-state index >= 15 is 0 Å². The molecule has 0 fully saturated rings. The van der Waals surface area contributed by atoms with Gasteiger partial charge in [0.05, 0.1) is 11.3 Å². The first kappa shape index (κ1) is 10.8. The van der Waals surface area contributed by atoms with Gasteiger partial charge in [-0.1, -0.05) is 17.7 Å². The minimum absolute atomic E-state index is 0.469. The van der Waals surface area contributed by atoms with Crippen molar-refractivity contribution in [3.05, 3.63) is 46.8 Å². The lowest BCUT2D eigenvalue weighted by molar-refractivity contribution is 0.588. The monoisotopic (exact) mass is 272 g/mol. The molecular weight excluding hydrogens is 264 g/mol. The van der Waals surface area contributed by atoms with Crippen molar-refractivity contribution in [3.63, 3.8) is 0 Å². The molecule has 0 saturated carbocycles. The lowest BCUT2D eigenvalue weighted by atomic mass is 10.1. The summed E-state index contributed by atoms with van der Waals surface area (Å²) in [4.78, 5) is 16.3. The Balaban J connectivity index is 1.92. The van der Waals surface area contributed by atoms with Crippen molar-refractivity contribution in [2.45, 2.75) is 6.42 Å². The molecule has 0 unspecified atom stereocenters. The second-order valence-electron chi connectivity index (χ2n) is 4.32. The number of nitrogens with one attached hydrogen (secondary N) is 1. The second-order valence-corrected chi connectivity index (χ2v) is 4.72. The lowest BCUT2D eigenvalue weighted by Crippen LogP contribution is -2.14. The zero-order chi connectivity index (χ0) is 12.8. The fourth-order valence-corrected chi connectivity index (χ4v) is 2.46. The first-order chi connectivity index (χ1) is 9.33. The highest BCUT2D eigenvalue weighted by molar-refractivity contribution is 6.34. The maximum Gasteiger partial charge on any atom is 0.248 e. The van der Waals surface area contributed by atoms with Crippen LogP contribution in [0.1, 0.15) is 17.3 Å². The Morgan fingerprint density at radius 2 is 2.26 bits per heavy atom. The van der Waals surface area contributed by atoms with Crippen molar-refractivity contribution in [2.75, 3.05) is 6.54 Å². The highest BCUT2D eigenvalue weighted by atomic mass is 35.5. The average molecular weight is 273 g/mol. The van der Waals surface area contributed by atoms with E-state index in [2.05, 4.69) is 19.9 Å². The molecular formula is C13H9ClN4O. The van der Waals surface area contributed by atoms with Crippen LogP contribution in [0.2, 0.25) is 5.02 Å². The fourth-order valence-electron chi connectivity index (χ4n) is 2.26. The summed E-state index contributed by atoms with van der Waals surface area (Å²) in [7, 11) is 0. The van der Waals surface area contributed by atoms with Gasteiger partial charge in [-0.05, 0) is 12.1 Å². The van der Waals surface area contributed by atoms with Gasteiger partial charge in [0, 0.05) is 18.7 Å². The number of benzene rings is 1. The van der Waals surface area contributed by atoms with Crippen molar-refractivity contribution >= 4 is 28.4 Å². The third-order valence-electron chi connectivity index (χ3n) is 3.14. The third-order valence-corrected chi connectivity index (χ3v) is 3.44. The maximum atomic E-state index is 6.09. The van der Waals surface area contributed by atoms with E-state index in [-0.39, 0.29) is 0 Å². The maximum absolute atomic E-state index is 6.09. The Morgan fingerprint density at radius 3 is 3.16 bits per heavy atom. The van der Waals surface area contributed by atoms with Gasteiger partial charge >= 0.3 is 0 Å². The number of hydrogen-bond donors (Lipinski definition) is 1.